The number of nitrogens with zero attached hydrogens (tertiary/aromatic N) is 1. The van der Waals surface area contributed by atoms with Crippen molar-refractivity contribution in [3.8, 4) is 0 Å². The zero-order valence-corrected chi connectivity index (χ0v) is 14.7. The SMILES string of the molecule is CCNC1CCC2(CC1SCCN(CC)CC)OCCO2. The Balaban J connectivity index is 1.85. The molecule has 1 aliphatic carbocycles. The lowest BCUT2D eigenvalue weighted by atomic mass is 9.89. The van der Waals surface area contributed by atoms with Crippen molar-refractivity contribution in [3.05, 3.63) is 0 Å². The van der Waals surface area contributed by atoms with Crippen LogP contribution in [0.4, 0.5) is 0 Å². The first kappa shape index (κ1) is 17.5. The van der Waals surface area contributed by atoms with Gasteiger partial charge in [0, 0.05) is 36.4 Å². The van der Waals surface area contributed by atoms with Gasteiger partial charge in [-0.15, -0.1) is 0 Å². The summed E-state index contributed by atoms with van der Waals surface area (Å²) >= 11 is 2.10. The van der Waals surface area contributed by atoms with E-state index in [2.05, 4.69) is 42.7 Å². The van der Waals surface area contributed by atoms with Crippen LogP contribution in [0.3, 0.4) is 0 Å². The van der Waals surface area contributed by atoms with Crippen molar-refractivity contribution in [1.29, 1.82) is 0 Å². The molecule has 1 saturated heterocycles. The molecule has 1 aliphatic heterocycles. The first-order valence-corrected chi connectivity index (χ1v) is 9.63. The van der Waals surface area contributed by atoms with Crippen LogP contribution in [0.1, 0.15) is 40.0 Å². The fraction of sp³-hybridized carbons (Fsp3) is 1.00. The van der Waals surface area contributed by atoms with Gasteiger partial charge in [-0.25, -0.2) is 0 Å². The molecule has 1 heterocycles. The highest BCUT2D eigenvalue weighted by Gasteiger charge is 2.44. The Morgan fingerprint density at radius 3 is 2.52 bits per heavy atom. The van der Waals surface area contributed by atoms with Crippen LogP contribution >= 0.6 is 11.8 Å². The Labute approximate surface area is 134 Å². The van der Waals surface area contributed by atoms with Gasteiger partial charge in [0.1, 0.15) is 0 Å². The number of hydrogen-bond acceptors (Lipinski definition) is 5. The quantitative estimate of drug-likeness (QED) is 0.743. The average molecular weight is 317 g/mol. The van der Waals surface area contributed by atoms with Crippen molar-refractivity contribution >= 4 is 11.8 Å². The summed E-state index contributed by atoms with van der Waals surface area (Å²) in [5.74, 6) is 0.934. The molecule has 2 unspecified atom stereocenters. The van der Waals surface area contributed by atoms with E-state index in [1.165, 1.54) is 12.3 Å². The lowest BCUT2D eigenvalue weighted by molar-refractivity contribution is -0.178. The van der Waals surface area contributed by atoms with Crippen LogP contribution < -0.4 is 5.32 Å². The van der Waals surface area contributed by atoms with Crippen LogP contribution in [0.25, 0.3) is 0 Å². The lowest BCUT2D eigenvalue weighted by Gasteiger charge is -2.41. The Morgan fingerprint density at radius 1 is 1.19 bits per heavy atom. The molecular weight excluding hydrogens is 284 g/mol. The Kier molecular flexibility index (Phi) is 7.29. The van der Waals surface area contributed by atoms with Gasteiger partial charge >= 0.3 is 0 Å². The first-order valence-electron chi connectivity index (χ1n) is 8.58. The predicted molar refractivity (Wildman–Crippen MR) is 90.0 cm³/mol. The van der Waals surface area contributed by atoms with Gasteiger partial charge in [0.05, 0.1) is 13.2 Å². The minimum Gasteiger partial charge on any atom is -0.347 e. The highest BCUT2D eigenvalue weighted by Crippen LogP contribution is 2.40. The monoisotopic (exact) mass is 316 g/mol. The lowest BCUT2D eigenvalue weighted by Crippen LogP contribution is -2.50. The van der Waals surface area contributed by atoms with Gasteiger partial charge in [-0.2, -0.15) is 11.8 Å². The van der Waals surface area contributed by atoms with Gasteiger partial charge in [0.2, 0.25) is 0 Å². The van der Waals surface area contributed by atoms with Crippen LogP contribution in [-0.2, 0) is 9.47 Å². The highest BCUT2D eigenvalue weighted by atomic mass is 32.2. The van der Waals surface area contributed by atoms with E-state index in [4.69, 9.17) is 9.47 Å². The van der Waals surface area contributed by atoms with Gasteiger partial charge in [-0.3, -0.25) is 0 Å². The molecule has 0 aromatic carbocycles. The standard InChI is InChI=1S/C16H32N2O2S/c1-4-17-14-7-8-16(19-10-11-20-16)13-15(14)21-12-9-18(5-2)6-3/h14-15,17H,4-13H2,1-3H3. The highest BCUT2D eigenvalue weighted by molar-refractivity contribution is 8.00. The summed E-state index contributed by atoms with van der Waals surface area (Å²) in [5.41, 5.74) is 0. The van der Waals surface area contributed by atoms with Crippen LogP contribution in [0.2, 0.25) is 0 Å². The van der Waals surface area contributed by atoms with Gasteiger partial charge in [-0.1, -0.05) is 20.8 Å². The summed E-state index contributed by atoms with van der Waals surface area (Å²) in [7, 11) is 0. The molecule has 1 saturated carbocycles. The minimum atomic E-state index is -0.265. The molecule has 0 aromatic heterocycles. The third-order valence-electron chi connectivity index (χ3n) is 4.71. The summed E-state index contributed by atoms with van der Waals surface area (Å²) in [4.78, 5) is 2.50. The molecule has 0 radical (unpaired) electrons. The van der Waals surface area contributed by atoms with E-state index in [1.54, 1.807) is 0 Å². The molecule has 2 rings (SSSR count). The van der Waals surface area contributed by atoms with Crippen molar-refractivity contribution < 1.29 is 9.47 Å². The van der Waals surface area contributed by atoms with Gasteiger partial charge in [0.15, 0.2) is 5.79 Å². The molecule has 1 N–H and O–H groups in total. The summed E-state index contributed by atoms with van der Waals surface area (Å²) < 4.78 is 11.9. The predicted octanol–water partition coefficient (Wildman–Crippen LogP) is 2.34. The van der Waals surface area contributed by atoms with Crippen molar-refractivity contribution in [2.45, 2.75) is 57.1 Å². The molecule has 2 aliphatic rings. The van der Waals surface area contributed by atoms with Crippen LogP contribution in [-0.4, -0.2) is 67.1 Å². The topological polar surface area (TPSA) is 33.7 Å². The van der Waals surface area contributed by atoms with Crippen molar-refractivity contribution in [2.75, 3.05) is 45.1 Å². The average Bonchev–Trinajstić information content (AvgIpc) is 2.95. The molecule has 0 aromatic rings. The second-order valence-electron chi connectivity index (χ2n) is 5.95. The number of hydrogen-bond donors (Lipinski definition) is 1. The number of ether oxygens (including phenoxy) is 2. The van der Waals surface area contributed by atoms with Crippen LogP contribution in [0, 0.1) is 0 Å². The van der Waals surface area contributed by atoms with Crippen LogP contribution in [0.5, 0.6) is 0 Å². The third kappa shape index (κ3) is 4.83. The van der Waals surface area contributed by atoms with Crippen molar-refractivity contribution in [1.82, 2.24) is 10.2 Å². The van der Waals surface area contributed by atoms with E-state index in [-0.39, 0.29) is 5.79 Å². The zero-order valence-electron chi connectivity index (χ0n) is 13.9. The molecule has 0 bridgehead atoms. The van der Waals surface area contributed by atoms with E-state index >= 15 is 0 Å². The molecule has 0 amide bonds. The third-order valence-corrected chi connectivity index (χ3v) is 6.05. The molecule has 21 heavy (non-hydrogen) atoms. The Morgan fingerprint density at radius 2 is 1.90 bits per heavy atom. The number of nitrogens with one attached hydrogen (secondary N) is 1. The molecular formula is C16H32N2O2S. The molecule has 5 heteroatoms. The molecule has 2 fully saturated rings. The maximum atomic E-state index is 5.93. The van der Waals surface area contributed by atoms with E-state index < -0.39 is 0 Å². The number of thioether (sulfide) groups is 1. The van der Waals surface area contributed by atoms with Crippen molar-refractivity contribution in [3.63, 3.8) is 0 Å². The Bertz CT molecular complexity index is 294. The van der Waals surface area contributed by atoms with Gasteiger partial charge < -0.3 is 19.7 Å². The van der Waals surface area contributed by atoms with Crippen molar-refractivity contribution in [2.24, 2.45) is 0 Å². The first-order chi connectivity index (χ1) is 10.2. The fourth-order valence-corrected chi connectivity index (χ4v) is 4.92. The van der Waals surface area contributed by atoms with E-state index in [0.29, 0.717) is 11.3 Å². The second kappa shape index (κ2) is 8.73. The largest absolute Gasteiger partial charge is 0.347 e. The maximum Gasteiger partial charge on any atom is 0.169 e. The summed E-state index contributed by atoms with van der Waals surface area (Å²) in [6.07, 6.45) is 3.24. The minimum absolute atomic E-state index is 0.265. The fourth-order valence-electron chi connectivity index (χ4n) is 3.42. The Hall–Kier alpha value is 0.190. The van der Waals surface area contributed by atoms with Gasteiger partial charge in [-0.05, 0) is 26.1 Å². The molecule has 4 nitrogen and oxygen atoms in total. The van der Waals surface area contributed by atoms with Gasteiger partial charge in [0.25, 0.3) is 0 Å². The summed E-state index contributed by atoms with van der Waals surface area (Å²) in [6.45, 7) is 12.7. The maximum absolute atomic E-state index is 5.93. The van der Waals surface area contributed by atoms with E-state index in [1.807, 2.05) is 0 Å². The second-order valence-corrected chi connectivity index (χ2v) is 7.30. The molecule has 2 atom stereocenters. The summed E-state index contributed by atoms with van der Waals surface area (Å²) in [6, 6.07) is 0.607. The molecule has 1 spiro atoms. The van der Waals surface area contributed by atoms with E-state index in [0.717, 1.165) is 52.1 Å². The normalized spacial score (nSPS) is 28.6. The van der Waals surface area contributed by atoms with E-state index in [9.17, 15) is 0 Å². The number of rotatable bonds is 8. The smallest absolute Gasteiger partial charge is 0.169 e. The zero-order chi connectivity index (χ0) is 15.1. The van der Waals surface area contributed by atoms with Crippen LogP contribution in [0.15, 0.2) is 0 Å². The molecule has 124 valence electrons. The summed E-state index contributed by atoms with van der Waals surface area (Å²) in [5, 5.41) is 4.27.